The second-order valence-corrected chi connectivity index (χ2v) is 13.1. The number of hydrogen-bond acceptors (Lipinski definition) is 9. The number of hydrogen-bond donors (Lipinski definition) is 1. The molecule has 1 aliphatic heterocycles. The Kier molecular flexibility index (Phi) is 8.78. The number of benzene rings is 4. The van der Waals surface area contributed by atoms with E-state index in [1.807, 2.05) is 12.1 Å². The number of para-hydroxylation sites is 1. The van der Waals surface area contributed by atoms with Gasteiger partial charge in [-0.3, -0.25) is 4.90 Å². The number of aromatic nitrogens is 2. The zero-order valence-corrected chi connectivity index (χ0v) is 27.9. The quantitative estimate of drug-likeness (QED) is 0.151. The van der Waals surface area contributed by atoms with Crippen LogP contribution < -0.4 is 14.2 Å². The second kappa shape index (κ2) is 13.2. The molecular weight excluding hydrogens is 655 g/mol. The molecule has 2 aromatic heterocycles. The van der Waals surface area contributed by atoms with Crippen LogP contribution in [0.15, 0.2) is 67.5 Å². The molecule has 3 heterocycles. The zero-order valence-electron chi connectivity index (χ0n) is 26.3. The Balaban J connectivity index is 1.35. The molecule has 0 radical (unpaired) electrons. The molecule has 1 fully saturated rings. The molecule has 9 nitrogen and oxygen atoms in total. The lowest BCUT2D eigenvalue weighted by molar-refractivity contribution is -0.142. The fraction of sp³-hybridized carbons (Fsp3) is 0.250. The van der Waals surface area contributed by atoms with Crippen LogP contribution in [-0.4, -0.2) is 90.4 Å². The topological polar surface area (TPSA) is 97.3 Å². The second-order valence-electron chi connectivity index (χ2n) is 11.7. The molecule has 4 aromatic carbocycles. The lowest BCUT2D eigenvalue weighted by atomic mass is 9.97. The molecule has 7 rings (SSSR count). The minimum absolute atomic E-state index is 0.0704. The van der Waals surface area contributed by atoms with Crippen molar-refractivity contribution >= 4 is 76.3 Å². The van der Waals surface area contributed by atoms with E-state index in [4.69, 9.17) is 25.8 Å². The van der Waals surface area contributed by atoms with E-state index in [1.54, 1.807) is 30.3 Å². The van der Waals surface area contributed by atoms with Crippen molar-refractivity contribution in [2.75, 3.05) is 53.5 Å². The van der Waals surface area contributed by atoms with Gasteiger partial charge in [-0.05, 0) is 48.2 Å². The average Bonchev–Trinajstić information content (AvgIpc) is 3.49. The fourth-order valence-electron chi connectivity index (χ4n) is 6.29. The number of piperazine rings is 1. The predicted octanol–water partition coefficient (Wildman–Crippen LogP) is 7.12. The molecule has 0 saturated carbocycles. The number of methoxy groups -OCH3 is 1. The number of aliphatic carboxylic acids is 1. The third kappa shape index (κ3) is 5.77. The summed E-state index contributed by atoms with van der Waals surface area (Å²) in [6.45, 7) is 9.23. The van der Waals surface area contributed by atoms with Crippen molar-refractivity contribution in [2.45, 2.75) is 6.10 Å². The lowest BCUT2D eigenvalue weighted by Gasteiger charge is -2.32. The van der Waals surface area contributed by atoms with E-state index >= 15 is 0 Å². The van der Waals surface area contributed by atoms with Crippen LogP contribution >= 0.6 is 22.9 Å². The van der Waals surface area contributed by atoms with Crippen LogP contribution in [0.3, 0.4) is 0 Å². The van der Waals surface area contributed by atoms with Crippen molar-refractivity contribution in [2.24, 2.45) is 0 Å². The molecule has 48 heavy (non-hydrogen) atoms. The summed E-state index contributed by atoms with van der Waals surface area (Å²) in [4.78, 5) is 26.8. The van der Waals surface area contributed by atoms with Crippen molar-refractivity contribution in [1.82, 2.24) is 19.8 Å². The third-order valence-corrected chi connectivity index (χ3v) is 10.3. The molecule has 0 spiro atoms. The highest BCUT2D eigenvalue weighted by molar-refractivity contribution is 7.26. The first-order valence-electron chi connectivity index (χ1n) is 15.4. The number of fused-ring (bicyclic) bond motifs is 8. The number of rotatable bonds is 10. The molecule has 1 aliphatic rings. The molecule has 0 aliphatic carbocycles. The highest BCUT2D eigenvalue weighted by Gasteiger charge is 2.29. The minimum atomic E-state index is -1.49. The molecule has 246 valence electrons. The van der Waals surface area contributed by atoms with Crippen molar-refractivity contribution < 1.29 is 28.5 Å². The first-order chi connectivity index (χ1) is 23.2. The SMILES string of the molecule is C=C(c1ccccc1OC)C(Oc1ncnc2sc3c4ccc(F)cc4c4c(Cl)c(OCCN5CCN(C)CC5)ccc4c3c12)C(=O)O. The zero-order chi connectivity index (χ0) is 33.5. The maximum absolute atomic E-state index is 14.8. The van der Waals surface area contributed by atoms with Crippen molar-refractivity contribution in [3.63, 3.8) is 0 Å². The Bertz CT molecular complexity index is 2220. The van der Waals surface area contributed by atoms with Crippen LogP contribution in [-0.2, 0) is 4.79 Å². The number of likely N-dealkylation sites (N-methyl/N-ethyl adjacent to an activating group) is 1. The molecule has 0 bridgehead atoms. The van der Waals surface area contributed by atoms with E-state index < -0.39 is 17.9 Å². The van der Waals surface area contributed by atoms with Crippen molar-refractivity contribution in [3.05, 3.63) is 83.9 Å². The molecule has 12 heteroatoms. The van der Waals surface area contributed by atoms with Gasteiger partial charge in [-0.25, -0.2) is 19.2 Å². The van der Waals surface area contributed by atoms with Crippen molar-refractivity contribution in [3.8, 4) is 17.4 Å². The van der Waals surface area contributed by atoms with Gasteiger partial charge < -0.3 is 24.2 Å². The third-order valence-electron chi connectivity index (χ3n) is 8.81. The molecule has 6 aromatic rings. The van der Waals surface area contributed by atoms with Crippen LogP contribution in [0.1, 0.15) is 5.56 Å². The number of nitrogens with zero attached hydrogens (tertiary/aromatic N) is 4. The van der Waals surface area contributed by atoms with Crippen LogP contribution in [0.25, 0.3) is 47.4 Å². The maximum atomic E-state index is 14.8. The molecule has 0 amide bonds. The number of thiophene rings is 1. The lowest BCUT2D eigenvalue weighted by Crippen LogP contribution is -2.45. The van der Waals surface area contributed by atoms with Gasteiger partial charge in [-0.15, -0.1) is 11.3 Å². The Morgan fingerprint density at radius 2 is 1.79 bits per heavy atom. The predicted molar refractivity (Wildman–Crippen MR) is 188 cm³/mol. The average molecular weight is 687 g/mol. The highest BCUT2D eigenvalue weighted by Crippen LogP contribution is 2.49. The van der Waals surface area contributed by atoms with E-state index in [1.165, 1.54) is 36.9 Å². The summed E-state index contributed by atoms with van der Waals surface area (Å²) in [5.41, 5.74) is 0.691. The van der Waals surface area contributed by atoms with Gasteiger partial charge in [-0.1, -0.05) is 42.4 Å². The summed E-state index contributed by atoms with van der Waals surface area (Å²) in [5.74, 6) is -0.614. The molecule has 1 atom stereocenters. The van der Waals surface area contributed by atoms with E-state index in [0.29, 0.717) is 55.1 Å². The summed E-state index contributed by atoms with van der Waals surface area (Å²) in [5, 5.41) is 14.6. The van der Waals surface area contributed by atoms with Gasteiger partial charge in [0.15, 0.2) is 0 Å². The Hall–Kier alpha value is -4.55. The molecule has 1 saturated heterocycles. The van der Waals surface area contributed by atoms with Crippen LogP contribution in [0.2, 0.25) is 5.02 Å². The maximum Gasteiger partial charge on any atom is 0.349 e. The first-order valence-corrected chi connectivity index (χ1v) is 16.6. The van der Waals surface area contributed by atoms with E-state index in [2.05, 4.69) is 33.4 Å². The van der Waals surface area contributed by atoms with Gasteiger partial charge >= 0.3 is 5.97 Å². The number of halogens is 2. The number of ether oxygens (including phenoxy) is 3. The Morgan fingerprint density at radius 3 is 2.56 bits per heavy atom. The summed E-state index contributed by atoms with van der Waals surface area (Å²) < 4.78 is 33.5. The minimum Gasteiger partial charge on any atom is -0.496 e. The summed E-state index contributed by atoms with van der Waals surface area (Å²) >= 11 is 8.49. The summed E-state index contributed by atoms with van der Waals surface area (Å²) in [6.07, 6.45) is -0.152. The van der Waals surface area contributed by atoms with E-state index in [-0.39, 0.29) is 11.5 Å². The van der Waals surface area contributed by atoms with Gasteiger partial charge in [0.2, 0.25) is 12.0 Å². The van der Waals surface area contributed by atoms with E-state index in [0.717, 1.165) is 48.2 Å². The van der Waals surface area contributed by atoms with Gasteiger partial charge in [0.05, 0.1) is 17.5 Å². The normalized spacial score (nSPS) is 14.9. The Morgan fingerprint density at radius 1 is 1.02 bits per heavy atom. The van der Waals surface area contributed by atoms with Crippen molar-refractivity contribution in [1.29, 1.82) is 0 Å². The fourth-order valence-corrected chi connectivity index (χ4v) is 7.80. The smallest absolute Gasteiger partial charge is 0.349 e. The molecular formula is C36H32ClFN4O5S. The summed E-state index contributed by atoms with van der Waals surface area (Å²) in [7, 11) is 3.62. The van der Waals surface area contributed by atoms with Gasteiger partial charge in [0, 0.05) is 64.7 Å². The van der Waals surface area contributed by atoms with Gasteiger partial charge in [0.25, 0.3) is 0 Å². The molecule has 1 N–H and O–H groups in total. The Labute approximate surface area is 284 Å². The largest absolute Gasteiger partial charge is 0.496 e. The van der Waals surface area contributed by atoms with E-state index in [9.17, 15) is 14.3 Å². The van der Waals surface area contributed by atoms with Crippen LogP contribution in [0, 0.1) is 5.82 Å². The van der Waals surface area contributed by atoms with Gasteiger partial charge in [0.1, 0.15) is 35.1 Å². The number of carboxylic acids is 1. The first kappa shape index (κ1) is 32.0. The highest BCUT2D eigenvalue weighted by atomic mass is 35.5. The van der Waals surface area contributed by atoms with Crippen LogP contribution in [0.4, 0.5) is 4.39 Å². The standard InChI is InChI=1S/C36H32ClFN4O5S/c1-20(22-6-4-5-7-26(22)45-3)32(36(43)44)47-34-30-29-24-10-11-27(46-17-16-42-14-12-41(2)13-15-42)31(37)28(24)25-18-21(38)8-9-23(25)33(29)48-35(30)40-19-39-34/h4-11,18-19,32H,1,12-17H2,2-3H3,(H,43,44). The number of carboxylic acid groups (broad SMARTS) is 1. The molecule has 1 unspecified atom stereocenters. The van der Waals surface area contributed by atoms with Crippen LogP contribution in [0.5, 0.6) is 17.4 Å². The monoisotopic (exact) mass is 686 g/mol. The summed E-state index contributed by atoms with van der Waals surface area (Å²) in [6, 6.07) is 15.3. The van der Waals surface area contributed by atoms with Gasteiger partial charge in [-0.2, -0.15) is 0 Å². The number of carbonyl (C=O) groups is 1.